The van der Waals surface area contributed by atoms with Crippen molar-refractivity contribution in [3.63, 3.8) is 0 Å². The van der Waals surface area contributed by atoms with Crippen molar-refractivity contribution in [1.82, 2.24) is 0 Å². The Bertz CT molecular complexity index is 31.2. The summed E-state index contributed by atoms with van der Waals surface area (Å²) in [6.07, 6.45) is 0. The van der Waals surface area contributed by atoms with Gasteiger partial charge in [-0.1, -0.05) is 0 Å². The molecule has 0 heterocycles. The normalized spacial score (nSPS) is 7.20. The van der Waals surface area contributed by atoms with Gasteiger partial charge in [-0.05, 0) is 0 Å². The molecule has 0 aromatic carbocycles. The predicted molar refractivity (Wildman–Crippen MR) is 16.7 cm³/mol. The van der Waals surface area contributed by atoms with Crippen LogP contribution in [0.5, 0.6) is 0 Å². The van der Waals surface area contributed by atoms with Crippen LogP contribution in [0.15, 0.2) is 0 Å². The second-order valence-electron chi connectivity index (χ2n) is 0.429. The quantitative estimate of drug-likeness (QED) is 0.462. The van der Waals surface area contributed by atoms with E-state index in [1.807, 2.05) is 0 Å². The molecular weight excluding hydrogens is 245 g/mol. The summed E-state index contributed by atoms with van der Waals surface area (Å²) in [7, 11) is 0. The molecule has 0 aromatic heterocycles. The van der Waals surface area contributed by atoms with Gasteiger partial charge in [0.05, 0.1) is 0 Å². The zero-order chi connectivity index (χ0) is 7.15. The summed E-state index contributed by atoms with van der Waals surface area (Å²) >= 11 is 0. The molecule has 0 saturated heterocycles. The van der Waals surface area contributed by atoms with Crippen LogP contribution in [0.1, 0.15) is 0 Å². The van der Waals surface area contributed by atoms with E-state index in [0.717, 1.165) is 0 Å². The molecule has 0 amide bonds. The molecule has 0 atom stereocenters. The molecule has 0 aliphatic carbocycles. The maximum atomic E-state index is 9.58. The van der Waals surface area contributed by atoms with E-state index >= 15 is 0 Å². The van der Waals surface area contributed by atoms with Gasteiger partial charge >= 0.3 is 26.2 Å². The van der Waals surface area contributed by atoms with Gasteiger partial charge in [-0.3, -0.25) is 0 Å². The van der Waals surface area contributed by atoms with E-state index in [0.29, 0.717) is 0 Å². The van der Waals surface area contributed by atoms with Gasteiger partial charge in [0.2, 0.25) is 0 Å². The molecule has 0 fully saturated rings. The molecule has 0 aliphatic rings. The van der Waals surface area contributed by atoms with Gasteiger partial charge in [0, 0.05) is 0 Å². The molecular formula is C2H2F6OZr. The Labute approximate surface area is 71.8 Å². The third-order valence-corrected chi connectivity index (χ3v) is 0. The minimum atomic E-state index is -3.08. The molecule has 1 nitrogen and oxygen atoms in total. The van der Waals surface area contributed by atoms with Crippen molar-refractivity contribution in [1.29, 1.82) is 0 Å². The van der Waals surface area contributed by atoms with Crippen LogP contribution in [0.25, 0.3) is 0 Å². The van der Waals surface area contributed by atoms with Gasteiger partial charge in [-0.25, -0.2) is 0 Å². The molecule has 0 aromatic rings. The zero-order valence-electron chi connectivity index (χ0n) is 4.27. The molecule has 0 aliphatic heterocycles. The first-order valence-corrected chi connectivity index (χ1v) is 1.13. The van der Waals surface area contributed by atoms with Crippen molar-refractivity contribution < 1.29 is 58.0 Å². The van der Waals surface area contributed by atoms with Crippen molar-refractivity contribution in [2.45, 2.75) is 0 Å². The minimum absolute atomic E-state index is 0. The minimum Gasteiger partial charge on any atom is -0.412 e. The van der Waals surface area contributed by atoms with E-state index in [2.05, 4.69) is 0 Å². The zero-order valence-corrected chi connectivity index (χ0v) is 6.73. The fraction of sp³-hybridized carbons (Fsp3) is 0. The van der Waals surface area contributed by atoms with Gasteiger partial charge in [-0.2, -0.15) is 0 Å². The molecule has 0 radical (unpaired) electrons. The van der Waals surface area contributed by atoms with E-state index in [9.17, 15) is 26.3 Å². The van der Waals surface area contributed by atoms with Gasteiger partial charge in [0.25, 0.3) is 0 Å². The van der Waals surface area contributed by atoms with Crippen LogP contribution >= 0.6 is 0 Å². The van der Waals surface area contributed by atoms with Crippen molar-refractivity contribution in [2.24, 2.45) is 0 Å². The van der Waals surface area contributed by atoms with Gasteiger partial charge < -0.3 is 31.8 Å². The van der Waals surface area contributed by atoms with E-state index in [4.69, 9.17) is 0 Å². The van der Waals surface area contributed by atoms with Crippen LogP contribution in [-0.4, -0.2) is 5.48 Å². The molecule has 0 unspecified atom stereocenters. The van der Waals surface area contributed by atoms with Gasteiger partial charge in [-0.15, -0.1) is 0 Å². The summed E-state index contributed by atoms with van der Waals surface area (Å²) in [5.74, 6) is 0. The molecule has 2 N–H and O–H groups in total. The third kappa shape index (κ3) is 2590. The largest absolute Gasteiger partial charge is 2.00 e. The monoisotopic (exact) mass is 246 g/mol. The molecule has 0 saturated carbocycles. The summed E-state index contributed by atoms with van der Waals surface area (Å²) in [5, 5.41) is 0. The van der Waals surface area contributed by atoms with Crippen molar-refractivity contribution >= 4 is 0 Å². The number of hydrogen-bond donors (Lipinski definition) is 0. The Morgan fingerprint density at radius 2 is 0.600 bits per heavy atom. The maximum Gasteiger partial charge on any atom is 2.00 e. The van der Waals surface area contributed by atoms with Crippen molar-refractivity contribution in [2.75, 3.05) is 0 Å². The average Bonchev–Trinajstić information content (AvgIpc) is 1.25. The Morgan fingerprint density at radius 1 is 0.600 bits per heavy atom. The van der Waals surface area contributed by atoms with E-state index in [1.54, 1.807) is 0 Å². The van der Waals surface area contributed by atoms with Gasteiger partial charge in [0.15, 0.2) is 13.4 Å². The Morgan fingerprint density at radius 3 is 0.600 bits per heavy atom. The van der Waals surface area contributed by atoms with Crippen molar-refractivity contribution in [3.8, 4) is 0 Å². The fourth-order valence-corrected chi connectivity index (χ4v) is 0. The van der Waals surface area contributed by atoms with E-state index in [-0.39, 0.29) is 31.7 Å². The molecule has 10 heavy (non-hydrogen) atoms. The average molecular weight is 247 g/mol. The smallest absolute Gasteiger partial charge is 0.412 e. The molecule has 8 heteroatoms. The SMILES string of the molecule is F[C-](F)F.F[C-](F)F.O.[Zr+2]. The second-order valence-corrected chi connectivity index (χ2v) is 0.429. The van der Waals surface area contributed by atoms with E-state index < -0.39 is 13.4 Å². The Hall–Kier alpha value is 0.423. The van der Waals surface area contributed by atoms with Crippen LogP contribution in [-0.2, 0) is 26.2 Å². The number of hydrogen-bond acceptors (Lipinski definition) is 0. The van der Waals surface area contributed by atoms with Crippen LogP contribution in [0.3, 0.4) is 0 Å². The molecule has 62 valence electrons. The summed E-state index contributed by atoms with van der Waals surface area (Å²) < 4.78 is 57.5. The molecule has 0 rings (SSSR count). The third-order valence-electron chi connectivity index (χ3n) is 0. The second kappa shape index (κ2) is 16.2. The van der Waals surface area contributed by atoms with Crippen molar-refractivity contribution in [3.05, 3.63) is 13.4 Å². The predicted octanol–water partition coefficient (Wildman–Crippen LogP) is 1.86. The summed E-state index contributed by atoms with van der Waals surface area (Å²) in [4.78, 5) is 0. The van der Waals surface area contributed by atoms with Crippen LogP contribution < -0.4 is 0 Å². The van der Waals surface area contributed by atoms with Gasteiger partial charge in [0.1, 0.15) is 0 Å². The summed E-state index contributed by atoms with van der Waals surface area (Å²) in [6.45, 7) is -6.17. The summed E-state index contributed by atoms with van der Waals surface area (Å²) in [5.41, 5.74) is 0. The summed E-state index contributed by atoms with van der Waals surface area (Å²) in [6, 6.07) is 0. The fourth-order valence-electron chi connectivity index (χ4n) is 0. The number of rotatable bonds is 0. The first kappa shape index (κ1) is 22.4. The van der Waals surface area contributed by atoms with E-state index in [1.165, 1.54) is 0 Å². The first-order chi connectivity index (χ1) is 3.46. The molecule has 0 bridgehead atoms. The standard InChI is InChI=1S/2CF3.H2O.Zr/c2*2-1(3)4;;/h;;1H2;/q2*-1;;+2. The number of halogens is 6. The topological polar surface area (TPSA) is 31.5 Å². The first-order valence-electron chi connectivity index (χ1n) is 1.13. The Balaban J connectivity index is -0.0000000300. The van der Waals surface area contributed by atoms with Crippen LogP contribution in [0, 0.1) is 13.4 Å². The van der Waals surface area contributed by atoms with Crippen LogP contribution in [0.4, 0.5) is 26.3 Å². The Kier molecular flexibility index (Phi) is 36.4. The maximum absolute atomic E-state index is 9.58. The molecule has 0 spiro atoms. The van der Waals surface area contributed by atoms with Crippen LogP contribution in [0.2, 0.25) is 0 Å².